The number of hydrogen-bond donors (Lipinski definition) is 1. The van der Waals surface area contributed by atoms with Crippen LogP contribution in [-0.4, -0.2) is 60.4 Å². The van der Waals surface area contributed by atoms with Crippen LogP contribution in [0.3, 0.4) is 0 Å². The highest BCUT2D eigenvalue weighted by Crippen LogP contribution is 2.23. The monoisotopic (exact) mass is 766 g/mol. The van der Waals surface area contributed by atoms with Crippen molar-refractivity contribution in [3.63, 3.8) is 0 Å². The summed E-state index contributed by atoms with van der Waals surface area (Å²) in [4.78, 5) is 28.4. The fourth-order valence-electron chi connectivity index (χ4n) is 7.65. The number of nitrogens with zero attached hydrogens (tertiary/aromatic N) is 1. The maximum absolute atomic E-state index is 13.0. The molecule has 322 valence electrons. The summed E-state index contributed by atoms with van der Waals surface area (Å²) in [5, 5.41) is 10.1. The molecule has 0 amide bonds. The summed E-state index contributed by atoms with van der Waals surface area (Å²) in [5.74, 6) is 0.239. The van der Waals surface area contributed by atoms with Gasteiger partial charge in [0.05, 0.1) is 31.7 Å². The van der Waals surface area contributed by atoms with Crippen LogP contribution in [0.5, 0.6) is 0 Å². The van der Waals surface area contributed by atoms with Crippen molar-refractivity contribution in [2.45, 2.75) is 253 Å². The van der Waals surface area contributed by atoms with Crippen LogP contribution in [0, 0.1) is 11.8 Å². The molecule has 0 aromatic rings. The van der Waals surface area contributed by atoms with Gasteiger partial charge in [0.15, 0.2) is 0 Å². The van der Waals surface area contributed by atoms with Crippen LogP contribution in [0.4, 0.5) is 0 Å². The predicted molar refractivity (Wildman–Crippen MR) is 232 cm³/mol. The normalized spacial score (nSPS) is 13.0. The van der Waals surface area contributed by atoms with E-state index in [2.05, 4.69) is 46.4 Å². The topological polar surface area (TPSA) is 76.1 Å². The summed E-state index contributed by atoms with van der Waals surface area (Å²) in [5.41, 5.74) is -0.241. The lowest BCUT2D eigenvalue weighted by Gasteiger charge is -2.37. The van der Waals surface area contributed by atoms with E-state index < -0.39 is 0 Å². The van der Waals surface area contributed by atoms with E-state index in [1.165, 1.54) is 103 Å². The van der Waals surface area contributed by atoms with Gasteiger partial charge in [0.2, 0.25) is 0 Å². The van der Waals surface area contributed by atoms with Crippen LogP contribution < -0.4 is 0 Å². The number of rotatable bonds is 42. The summed E-state index contributed by atoms with van der Waals surface area (Å²) in [7, 11) is 0. The molecule has 0 radical (unpaired) electrons. The Morgan fingerprint density at radius 3 is 1.06 bits per heavy atom. The summed E-state index contributed by atoms with van der Waals surface area (Å²) >= 11 is 0. The predicted octanol–water partition coefficient (Wildman–Crippen LogP) is 13.9. The average molecular weight is 766 g/mol. The molecular formula is C48H95NO5. The molecule has 0 heterocycles. The van der Waals surface area contributed by atoms with E-state index in [-0.39, 0.29) is 35.9 Å². The lowest BCUT2D eigenvalue weighted by Crippen LogP contribution is -2.47. The van der Waals surface area contributed by atoms with Gasteiger partial charge in [-0.15, -0.1) is 0 Å². The molecule has 0 rings (SSSR count). The number of esters is 2. The third-order valence-electron chi connectivity index (χ3n) is 11.7. The molecule has 54 heavy (non-hydrogen) atoms. The highest BCUT2D eigenvalue weighted by atomic mass is 16.5. The number of ether oxygens (including phenoxy) is 2. The molecule has 0 aliphatic rings. The Kier molecular flexibility index (Phi) is 37.9. The van der Waals surface area contributed by atoms with Gasteiger partial charge in [0.25, 0.3) is 0 Å². The molecule has 1 N–H and O–H groups in total. The van der Waals surface area contributed by atoms with Crippen LogP contribution in [-0.2, 0) is 19.1 Å². The maximum atomic E-state index is 13.0. The molecule has 2 unspecified atom stereocenters. The van der Waals surface area contributed by atoms with Crippen LogP contribution >= 0.6 is 0 Å². The van der Waals surface area contributed by atoms with Crippen molar-refractivity contribution in [2.75, 3.05) is 32.9 Å². The van der Waals surface area contributed by atoms with Crippen molar-refractivity contribution in [2.24, 2.45) is 11.8 Å². The molecule has 0 fully saturated rings. The molecule has 2 atom stereocenters. The minimum absolute atomic E-state index is 0.0413. The van der Waals surface area contributed by atoms with Gasteiger partial charge < -0.3 is 14.6 Å². The summed E-state index contributed by atoms with van der Waals surface area (Å²) in [6, 6.07) is 0. The van der Waals surface area contributed by atoms with E-state index >= 15 is 0 Å². The van der Waals surface area contributed by atoms with Crippen molar-refractivity contribution in [1.29, 1.82) is 0 Å². The lowest BCUT2D eigenvalue weighted by atomic mass is 9.94. The first kappa shape index (κ1) is 52.9. The quantitative estimate of drug-likeness (QED) is 0.0493. The second-order valence-electron chi connectivity index (χ2n) is 17.3. The average Bonchev–Trinajstić information content (AvgIpc) is 3.17. The van der Waals surface area contributed by atoms with Gasteiger partial charge in [-0.25, -0.2) is 0 Å². The largest absolute Gasteiger partial charge is 0.465 e. The van der Waals surface area contributed by atoms with Gasteiger partial charge in [-0.1, -0.05) is 182 Å². The molecular weight excluding hydrogens is 671 g/mol. The van der Waals surface area contributed by atoms with Crippen molar-refractivity contribution < 1.29 is 24.2 Å². The number of carbonyl (C=O) groups is 2. The summed E-state index contributed by atoms with van der Waals surface area (Å²) in [6.07, 6.45) is 37.1. The zero-order chi connectivity index (χ0) is 40.0. The third-order valence-corrected chi connectivity index (χ3v) is 11.7. The van der Waals surface area contributed by atoms with Crippen molar-refractivity contribution in [3.8, 4) is 0 Å². The molecule has 0 bridgehead atoms. The van der Waals surface area contributed by atoms with E-state index in [0.717, 1.165) is 116 Å². The Balaban J connectivity index is 4.43. The first-order valence-electron chi connectivity index (χ1n) is 24.0. The van der Waals surface area contributed by atoms with Gasteiger partial charge in [-0.05, 0) is 78.3 Å². The van der Waals surface area contributed by atoms with E-state index in [9.17, 15) is 14.7 Å². The van der Waals surface area contributed by atoms with Crippen molar-refractivity contribution in [1.82, 2.24) is 4.90 Å². The molecule has 0 aliphatic heterocycles. The zero-order valence-electron chi connectivity index (χ0n) is 37.3. The molecule has 0 aromatic carbocycles. The van der Waals surface area contributed by atoms with Gasteiger partial charge in [0, 0.05) is 5.54 Å². The van der Waals surface area contributed by atoms with E-state index in [0.29, 0.717) is 13.2 Å². The highest BCUT2D eigenvalue weighted by Gasteiger charge is 2.25. The van der Waals surface area contributed by atoms with Crippen molar-refractivity contribution in [3.05, 3.63) is 0 Å². The number of hydrogen-bond acceptors (Lipinski definition) is 6. The van der Waals surface area contributed by atoms with Gasteiger partial charge in [0.1, 0.15) is 0 Å². The van der Waals surface area contributed by atoms with Crippen LogP contribution in [0.1, 0.15) is 247 Å². The SMILES string of the molecule is CCCCCCCCC(CCCCCC)C(=O)OCCCCCCN(CCCCCCOC(=O)C(CCCCCC)CCCCCCCC)C(C)(C)CO. The molecule has 0 saturated carbocycles. The van der Waals surface area contributed by atoms with Crippen LogP contribution in [0.25, 0.3) is 0 Å². The van der Waals surface area contributed by atoms with E-state index in [1.807, 2.05) is 0 Å². The number of aliphatic hydroxyl groups excluding tert-OH is 1. The van der Waals surface area contributed by atoms with Crippen LogP contribution in [0.15, 0.2) is 0 Å². The first-order valence-corrected chi connectivity index (χ1v) is 24.0. The molecule has 0 spiro atoms. The third kappa shape index (κ3) is 31.0. The fourth-order valence-corrected chi connectivity index (χ4v) is 7.65. The van der Waals surface area contributed by atoms with E-state index in [1.54, 1.807) is 0 Å². The second-order valence-corrected chi connectivity index (χ2v) is 17.3. The maximum Gasteiger partial charge on any atom is 0.308 e. The fraction of sp³-hybridized carbons (Fsp3) is 0.958. The second kappa shape index (κ2) is 38.7. The minimum Gasteiger partial charge on any atom is -0.465 e. The Morgan fingerprint density at radius 1 is 0.444 bits per heavy atom. The smallest absolute Gasteiger partial charge is 0.308 e. The highest BCUT2D eigenvalue weighted by molar-refractivity contribution is 5.72. The molecule has 0 saturated heterocycles. The van der Waals surface area contributed by atoms with Gasteiger partial charge in [-0.3, -0.25) is 14.5 Å². The summed E-state index contributed by atoms with van der Waals surface area (Å²) in [6.45, 7) is 16.4. The van der Waals surface area contributed by atoms with Gasteiger partial charge in [-0.2, -0.15) is 0 Å². The van der Waals surface area contributed by atoms with Crippen molar-refractivity contribution >= 4 is 11.9 Å². The van der Waals surface area contributed by atoms with E-state index in [4.69, 9.17) is 9.47 Å². The standard InChI is InChI=1S/C48H95NO5/c1-7-11-15-19-21-29-37-44(35-27-17-13-9-3)46(51)53-41-33-25-23-31-39-49(48(5,6)43-50)40-32-24-26-34-42-54-47(52)45(36-28-18-14-10-4)38-30-22-20-16-12-8-2/h44-45,50H,7-43H2,1-6H3. The Hall–Kier alpha value is -1.14. The minimum atomic E-state index is -0.241. The first-order chi connectivity index (χ1) is 26.3. The van der Waals surface area contributed by atoms with Crippen LogP contribution in [0.2, 0.25) is 0 Å². The lowest BCUT2D eigenvalue weighted by molar-refractivity contribution is -0.150. The number of carbonyl (C=O) groups excluding carboxylic acids is 2. The molecule has 6 nitrogen and oxygen atoms in total. The molecule has 0 aliphatic carbocycles. The molecule has 6 heteroatoms. The molecule has 0 aromatic heterocycles. The number of unbranched alkanes of at least 4 members (excludes halogenated alkanes) is 22. The Labute approximate surface area is 337 Å². The zero-order valence-corrected chi connectivity index (χ0v) is 37.3. The number of aliphatic hydroxyl groups is 1. The Bertz CT molecular complexity index is 759. The Morgan fingerprint density at radius 2 is 0.722 bits per heavy atom. The summed E-state index contributed by atoms with van der Waals surface area (Å²) < 4.78 is 11.6. The van der Waals surface area contributed by atoms with Gasteiger partial charge >= 0.3 is 11.9 Å².